The molecule has 2 aromatic rings. The molecule has 0 atom stereocenters. The normalized spacial score (nSPS) is 10.5. The van der Waals surface area contributed by atoms with Gasteiger partial charge in [-0.3, -0.25) is 4.79 Å². The molecule has 1 heterocycles. The molecule has 0 aliphatic rings. The van der Waals surface area contributed by atoms with Crippen LogP contribution in [-0.4, -0.2) is 22.5 Å². The van der Waals surface area contributed by atoms with Gasteiger partial charge in [-0.05, 0) is 17.5 Å². The Hall–Kier alpha value is -1.88. The summed E-state index contributed by atoms with van der Waals surface area (Å²) in [5.41, 5.74) is 7.52. The van der Waals surface area contributed by atoms with Crippen molar-refractivity contribution in [2.24, 2.45) is 5.73 Å². The first kappa shape index (κ1) is 12.6. The van der Waals surface area contributed by atoms with E-state index in [0.717, 1.165) is 16.5 Å². The number of carbonyl (C=O) groups excluding carboxylic acids is 1. The number of nitrogens with zero attached hydrogens (tertiary/aromatic N) is 1. The van der Waals surface area contributed by atoms with Gasteiger partial charge in [-0.1, -0.05) is 24.4 Å². The highest BCUT2D eigenvalue weighted by Crippen LogP contribution is 2.18. The molecule has 0 saturated heterocycles. The summed E-state index contributed by atoms with van der Waals surface area (Å²) in [7, 11) is 1.64. The number of aryl methyl sites for hydroxylation is 1. The molecule has 0 aliphatic carbocycles. The number of amides is 1. The fourth-order valence-corrected chi connectivity index (χ4v) is 2.01. The van der Waals surface area contributed by atoms with Crippen LogP contribution >= 0.6 is 12.2 Å². The third kappa shape index (κ3) is 2.51. The number of nitrogens with two attached hydrogens (primary N) is 1. The van der Waals surface area contributed by atoms with Crippen LogP contribution in [0.4, 0.5) is 0 Å². The molecule has 0 aliphatic heterocycles. The topological polar surface area (TPSA) is 60.0 Å². The molecule has 3 N–H and O–H groups in total. The smallest absolute Gasteiger partial charge is 0.221 e. The molecule has 2 rings (SSSR count). The van der Waals surface area contributed by atoms with Crippen LogP contribution in [0.2, 0.25) is 0 Å². The molecule has 0 unspecified atom stereocenters. The lowest BCUT2D eigenvalue weighted by molar-refractivity contribution is -0.120. The maximum absolute atomic E-state index is 11.3. The average Bonchev–Trinajstić information content (AvgIpc) is 2.78. The van der Waals surface area contributed by atoms with E-state index in [1.165, 1.54) is 0 Å². The summed E-state index contributed by atoms with van der Waals surface area (Å²) < 4.78 is 2.03. The molecular formula is C13H15N3OS. The molecule has 0 bridgehead atoms. The molecular weight excluding hydrogens is 246 g/mol. The standard InChI is InChI=1S/C13H15N3OS/c1-15-12(17)5-7-16-6-4-9-2-3-10(13(14)18)8-11(9)16/h2-4,6,8H,5,7H2,1H3,(H2,14,18)(H,15,17). The Morgan fingerprint density at radius 1 is 1.44 bits per heavy atom. The molecule has 0 radical (unpaired) electrons. The van der Waals surface area contributed by atoms with Crippen molar-refractivity contribution in [3.8, 4) is 0 Å². The highest BCUT2D eigenvalue weighted by Gasteiger charge is 2.05. The van der Waals surface area contributed by atoms with Crippen LogP contribution < -0.4 is 11.1 Å². The second-order valence-corrected chi connectivity index (χ2v) is 4.51. The first-order valence-corrected chi connectivity index (χ1v) is 6.12. The number of carbonyl (C=O) groups is 1. The van der Waals surface area contributed by atoms with Crippen LogP contribution in [-0.2, 0) is 11.3 Å². The minimum atomic E-state index is 0.0300. The van der Waals surface area contributed by atoms with Gasteiger partial charge >= 0.3 is 0 Å². The lowest BCUT2D eigenvalue weighted by atomic mass is 10.1. The number of nitrogens with one attached hydrogen (secondary N) is 1. The Morgan fingerprint density at radius 3 is 2.89 bits per heavy atom. The molecule has 1 amide bonds. The van der Waals surface area contributed by atoms with E-state index in [1.807, 2.05) is 35.0 Å². The third-order valence-corrected chi connectivity index (χ3v) is 3.15. The number of rotatable bonds is 4. The Balaban J connectivity index is 2.30. The van der Waals surface area contributed by atoms with Gasteiger partial charge in [-0.2, -0.15) is 0 Å². The van der Waals surface area contributed by atoms with E-state index in [2.05, 4.69) is 5.32 Å². The van der Waals surface area contributed by atoms with Gasteiger partial charge in [-0.25, -0.2) is 0 Å². The first-order chi connectivity index (χ1) is 8.61. The summed E-state index contributed by atoms with van der Waals surface area (Å²) in [6, 6.07) is 7.87. The predicted molar refractivity (Wildman–Crippen MR) is 76.5 cm³/mol. The monoisotopic (exact) mass is 261 g/mol. The van der Waals surface area contributed by atoms with Crippen molar-refractivity contribution in [2.75, 3.05) is 7.05 Å². The highest BCUT2D eigenvalue weighted by molar-refractivity contribution is 7.80. The molecule has 1 aromatic carbocycles. The van der Waals surface area contributed by atoms with Gasteiger partial charge in [-0.15, -0.1) is 0 Å². The second kappa shape index (κ2) is 5.18. The third-order valence-electron chi connectivity index (χ3n) is 2.92. The summed E-state index contributed by atoms with van der Waals surface area (Å²) in [6.45, 7) is 0.643. The highest BCUT2D eigenvalue weighted by atomic mass is 32.1. The van der Waals surface area contributed by atoms with Gasteiger partial charge in [0.1, 0.15) is 4.99 Å². The van der Waals surface area contributed by atoms with Gasteiger partial charge in [0.05, 0.1) is 0 Å². The lowest BCUT2D eigenvalue weighted by Crippen LogP contribution is -2.19. The van der Waals surface area contributed by atoms with Crippen molar-refractivity contribution in [3.63, 3.8) is 0 Å². The predicted octanol–water partition coefficient (Wildman–Crippen LogP) is 1.41. The Labute approximate surface area is 111 Å². The number of benzene rings is 1. The maximum atomic E-state index is 11.3. The van der Waals surface area contributed by atoms with Crippen LogP contribution in [0.15, 0.2) is 30.5 Å². The van der Waals surface area contributed by atoms with E-state index in [1.54, 1.807) is 7.05 Å². The summed E-state index contributed by atoms with van der Waals surface area (Å²) in [6.07, 6.45) is 2.43. The first-order valence-electron chi connectivity index (χ1n) is 5.71. The van der Waals surface area contributed by atoms with Crippen molar-refractivity contribution in [3.05, 3.63) is 36.0 Å². The van der Waals surface area contributed by atoms with Gasteiger partial charge in [0.25, 0.3) is 0 Å². The molecule has 0 saturated carbocycles. The SMILES string of the molecule is CNC(=O)CCn1ccc2ccc(C(N)=S)cc21. The number of hydrogen-bond donors (Lipinski definition) is 2. The number of thiocarbonyl (C=S) groups is 1. The largest absolute Gasteiger partial charge is 0.389 e. The van der Waals surface area contributed by atoms with Crippen molar-refractivity contribution in [1.29, 1.82) is 0 Å². The molecule has 1 aromatic heterocycles. The molecule has 0 spiro atoms. The second-order valence-electron chi connectivity index (χ2n) is 4.07. The van der Waals surface area contributed by atoms with E-state index in [9.17, 15) is 4.79 Å². The quantitative estimate of drug-likeness (QED) is 0.818. The minimum Gasteiger partial charge on any atom is -0.389 e. The van der Waals surface area contributed by atoms with Gasteiger partial charge < -0.3 is 15.6 Å². The lowest BCUT2D eigenvalue weighted by Gasteiger charge is -2.06. The van der Waals surface area contributed by atoms with Gasteiger partial charge in [0.2, 0.25) is 5.91 Å². The molecule has 0 fully saturated rings. The van der Waals surface area contributed by atoms with E-state index in [0.29, 0.717) is 18.0 Å². The Bertz CT molecular complexity index is 603. The molecule has 94 valence electrons. The van der Waals surface area contributed by atoms with Crippen LogP contribution in [0.1, 0.15) is 12.0 Å². The van der Waals surface area contributed by atoms with Crippen molar-refractivity contribution >= 4 is 34.0 Å². The van der Waals surface area contributed by atoms with Crippen LogP contribution in [0, 0.1) is 0 Å². The number of fused-ring (bicyclic) bond motifs is 1. The molecule has 5 heteroatoms. The summed E-state index contributed by atoms with van der Waals surface area (Å²) in [4.78, 5) is 11.6. The van der Waals surface area contributed by atoms with Crippen LogP contribution in [0.3, 0.4) is 0 Å². The van der Waals surface area contributed by atoms with Gasteiger partial charge in [0, 0.05) is 37.3 Å². The van der Waals surface area contributed by atoms with Crippen LogP contribution in [0.25, 0.3) is 10.9 Å². The minimum absolute atomic E-state index is 0.0300. The zero-order valence-corrected chi connectivity index (χ0v) is 11.0. The summed E-state index contributed by atoms with van der Waals surface area (Å²) >= 11 is 4.97. The van der Waals surface area contributed by atoms with Gasteiger partial charge in [0.15, 0.2) is 0 Å². The van der Waals surface area contributed by atoms with E-state index in [-0.39, 0.29) is 5.91 Å². The molecule has 4 nitrogen and oxygen atoms in total. The average molecular weight is 261 g/mol. The Kier molecular flexibility index (Phi) is 3.62. The zero-order chi connectivity index (χ0) is 13.1. The van der Waals surface area contributed by atoms with E-state index < -0.39 is 0 Å². The maximum Gasteiger partial charge on any atom is 0.221 e. The van der Waals surface area contributed by atoms with Crippen molar-refractivity contribution in [1.82, 2.24) is 9.88 Å². The fraction of sp³-hybridized carbons (Fsp3) is 0.231. The molecule has 18 heavy (non-hydrogen) atoms. The van der Waals surface area contributed by atoms with Crippen molar-refractivity contribution in [2.45, 2.75) is 13.0 Å². The van der Waals surface area contributed by atoms with Crippen molar-refractivity contribution < 1.29 is 4.79 Å². The number of aromatic nitrogens is 1. The van der Waals surface area contributed by atoms with E-state index >= 15 is 0 Å². The fourth-order valence-electron chi connectivity index (χ4n) is 1.88. The Morgan fingerprint density at radius 2 is 2.22 bits per heavy atom. The van der Waals surface area contributed by atoms with Crippen LogP contribution in [0.5, 0.6) is 0 Å². The number of hydrogen-bond acceptors (Lipinski definition) is 2. The summed E-state index contributed by atoms with van der Waals surface area (Å²) in [5.74, 6) is 0.0300. The van der Waals surface area contributed by atoms with E-state index in [4.69, 9.17) is 18.0 Å². The summed E-state index contributed by atoms with van der Waals surface area (Å²) in [5, 5.41) is 3.73. The zero-order valence-electron chi connectivity index (χ0n) is 10.1.